The van der Waals surface area contributed by atoms with Gasteiger partial charge in [-0.25, -0.2) is 0 Å². The molecular weight excluding hydrogens is 352 g/mol. The van der Waals surface area contributed by atoms with Crippen molar-refractivity contribution in [1.29, 1.82) is 0 Å². The zero-order chi connectivity index (χ0) is 17.1. The molecule has 0 radical (unpaired) electrons. The van der Waals surface area contributed by atoms with Crippen molar-refractivity contribution < 1.29 is 5.11 Å². The lowest BCUT2D eigenvalue weighted by molar-refractivity contribution is 0.275. The number of aliphatic hydroxyl groups is 1. The summed E-state index contributed by atoms with van der Waals surface area (Å²) in [6.45, 7) is 4.72. The number of likely N-dealkylation sites (tertiary alicyclic amines) is 1. The topological polar surface area (TPSA) is 49.5 Å². The smallest absolute Gasteiger partial charge is 0.0540 e. The maximum absolute atomic E-state index is 8.52. The van der Waals surface area contributed by atoms with Gasteiger partial charge >= 0.3 is 0 Å². The molecule has 1 aromatic rings. The second-order valence-corrected chi connectivity index (χ2v) is 6.40. The van der Waals surface area contributed by atoms with Crippen LogP contribution in [0.25, 0.3) is 0 Å². The third-order valence-corrected chi connectivity index (χ3v) is 4.20. The zero-order valence-electron chi connectivity index (χ0n) is 13.7. The molecule has 0 aromatic heterocycles. The van der Waals surface area contributed by atoms with Crippen LogP contribution in [-0.4, -0.2) is 35.7 Å². The standard InChI is InChI=1S/C10H10BrNO.C9H15N/c11-9-5-4-8(10(12)7-9)3-1-2-6-13;1-3-4-7-10-8-5-6-9(10)2/h4-5,7,13H,2,6,12H2;1,9H,4-8H2,2H3/t;9-/m.1/s1. The Kier molecular flexibility index (Phi) is 9.48. The van der Waals surface area contributed by atoms with Gasteiger partial charge in [0.1, 0.15) is 0 Å². The molecule has 124 valence electrons. The van der Waals surface area contributed by atoms with E-state index in [-0.39, 0.29) is 6.61 Å². The molecule has 0 unspecified atom stereocenters. The number of hydrogen-bond acceptors (Lipinski definition) is 3. The molecule has 0 bridgehead atoms. The molecule has 1 aromatic carbocycles. The number of hydrogen-bond donors (Lipinski definition) is 2. The number of terminal acetylenes is 1. The first kappa shape index (κ1) is 19.6. The Morgan fingerprint density at radius 1 is 1.43 bits per heavy atom. The molecule has 2 rings (SSSR count). The molecule has 0 aliphatic carbocycles. The molecule has 1 saturated heterocycles. The van der Waals surface area contributed by atoms with Crippen LogP contribution >= 0.6 is 15.9 Å². The SMILES string of the molecule is C#CCCN1CCC[C@H]1C.Nc1cc(Br)ccc1C#CCCO. The van der Waals surface area contributed by atoms with Gasteiger partial charge in [0.05, 0.1) is 6.61 Å². The molecule has 0 spiro atoms. The van der Waals surface area contributed by atoms with E-state index in [4.69, 9.17) is 17.3 Å². The third-order valence-electron chi connectivity index (χ3n) is 3.71. The molecule has 23 heavy (non-hydrogen) atoms. The lowest BCUT2D eigenvalue weighted by Crippen LogP contribution is -2.27. The predicted molar refractivity (Wildman–Crippen MR) is 101 cm³/mol. The normalized spacial score (nSPS) is 16.7. The number of nitrogen functional groups attached to an aromatic ring is 1. The molecular formula is C19H25BrN2O. The Hall–Kier alpha value is -1.46. The molecule has 1 atom stereocenters. The predicted octanol–water partition coefficient (Wildman–Crippen LogP) is 3.26. The van der Waals surface area contributed by atoms with E-state index in [0.29, 0.717) is 12.1 Å². The minimum absolute atomic E-state index is 0.0867. The third kappa shape index (κ3) is 7.57. The van der Waals surface area contributed by atoms with Crippen molar-refractivity contribution in [2.24, 2.45) is 0 Å². The molecule has 3 N–H and O–H groups in total. The Labute approximate surface area is 148 Å². The van der Waals surface area contributed by atoms with Crippen LogP contribution in [0.3, 0.4) is 0 Å². The molecule has 0 amide bonds. The highest BCUT2D eigenvalue weighted by Crippen LogP contribution is 2.17. The van der Waals surface area contributed by atoms with Crippen LogP contribution in [0.2, 0.25) is 0 Å². The number of nitrogens with two attached hydrogens (primary N) is 1. The van der Waals surface area contributed by atoms with E-state index in [0.717, 1.165) is 29.0 Å². The van der Waals surface area contributed by atoms with E-state index in [9.17, 15) is 0 Å². The number of halogens is 1. The number of rotatable bonds is 3. The van der Waals surface area contributed by atoms with Crippen molar-refractivity contribution in [3.63, 3.8) is 0 Å². The Balaban J connectivity index is 0.000000238. The van der Waals surface area contributed by atoms with Gasteiger partial charge in [0, 0.05) is 41.2 Å². The van der Waals surface area contributed by atoms with Gasteiger partial charge in [0.15, 0.2) is 0 Å². The van der Waals surface area contributed by atoms with Gasteiger partial charge in [0.2, 0.25) is 0 Å². The van der Waals surface area contributed by atoms with Crippen molar-refractivity contribution >= 4 is 21.6 Å². The molecule has 3 nitrogen and oxygen atoms in total. The summed E-state index contributed by atoms with van der Waals surface area (Å²) < 4.78 is 0.942. The van der Waals surface area contributed by atoms with Crippen LogP contribution < -0.4 is 5.73 Å². The largest absolute Gasteiger partial charge is 0.398 e. The molecule has 1 aliphatic heterocycles. The maximum Gasteiger partial charge on any atom is 0.0540 e. The molecule has 1 fully saturated rings. The second kappa shape index (κ2) is 11.1. The van der Waals surface area contributed by atoms with Gasteiger partial charge in [-0.15, -0.1) is 12.3 Å². The summed E-state index contributed by atoms with van der Waals surface area (Å²) in [5.74, 6) is 8.38. The minimum atomic E-state index is 0.0867. The quantitative estimate of drug-likeness (QED) is 0.628. The summed E-state index contributed by atoms with van der Waals surface area (Å²) in [5, 5.41) is 8.52. The monoisotopic (exact) mass is 376 g/mol. The first-order valence-corrected chi connectivity index (χ1v) is 8.70. The van der Waals surface area contributed by atoms with Crippen molar-refractivity contribution in [2.75, 3.05) is 25.4 Å². The fraction of sp³-hybridized carbons (Fsp3) is 0.474. The van der Waals surface area contributed by atoms with E-state index >= 15 is 0 Å². The highest BCUT2D eigenvalue weighted by molar-refractivity contribution is 9.10. The minimum Gasteiger partial charge on any atom is -0.398 e. The number of benzene rings is 1. The van der Waals surface area contributed by atoms with E-state index in [1.54, 1.807) is 0 Å². The summed E-state index contributed by atoms with van der Waals surface area (Å²) in [6, 6.07) is 6.32. The fourth-order valence-corrected chi connectivity index (χ4v) is 2.77. The van der Waals surface area contributed by atoms with Crippen LogP contribution in [-0.2, 0) is 0 Å². The van der Waals surface area contributed by atoms with Crippen molar-refractivity contribution in [2.45, 2.75) is 38.6 Å². The number of aliphatic hydroxyl groups excluding tert-OH is 1. The highest BCUT2D eigenvalue weighted by Gasteiger charge is 2.18. The number of nitrogens with zero attached hydrogens (tertiary/aromatic N) is 1. The Morgan fingerprint density at radius 2 is 2.22 bits per heavy atom. The first-order chi connectivity index (χ1) is 11.1. The number of anilines is 1. The van der Waals surface area contributed by atoms with Crippen molar-refractivity contribution in [3.05, 3.63) is 28.2 Å². The van der Waals surface area contributed by atoms with Gasteiger partial charge in [0.25, 0.3) is 0 Å². The lowest BCUT2D eigenvalue weighted by Gasteiger charge is -2.18. The van der Waals surface area contributed by atoms with Gasteiger partial charge < -0.3 is 10.8 Å². The summed E-state index contributed by atoms with van der Waals surface area (Å²) >= 11 is 3.31. The molecule has 1 aliphatic rings. The van der Waals surface area contributed by atoms with Gasteiger partial charge in [-0.2, -0.15) is 0 Å². The summed E-state index contributed by atoms with van der Waals surface area (Å²) in [7, 11) is 0. The highest BCUT2D eigenvalue weighted by atomic mass is 79.9. The van der Waals surface area contributed by atoms with Crippen molar-refractivity contribution in [1.82, 2.24) is 4.90 Å². The maximum atomic E-state index is 8.52. The molecule has 4 heteroatoms. The van der Waals surface area contributed by atoms with E-state index in [1.807, 2.05) is 18.2 Å². The summed E-state index contributed by atoms with van der Waals surface area (Å²) in [6.07, 6.45) is 9.27. The van der Waals surface area contributed by atoms with E-state index in [1.165, 1.54) is 19.4 Å². The Morgan fingerprint density at radius 3 is 2.78 bits per heavy atom. The zero-order valence-corrected chi connectivity index (χ0v) is 15.3. The second-order valence-electron chi connectivity index (χ2n) is 5.49. The van der Waals surface area contributed by atoms with E-state index in [2.05, 4.69) is 45.5 Å². The Bertz CT molecular complexity index is 583. The van der Waals surface area contributed by atoms with Crippen LogP contribution in [0.15, 0.2) is 22.7 Å². The average molecular weight is 377 g/mol. The van der Waals surface area contributed by atoms with Crippen LogP contribution in [0.5, 0.6) is 0 Å². The van der Waals surface area contributed by atoms with Gasteiger partial charge in [-0.1, -0.05) is 27.8 Å². The van der Waals surface area contributed by atoms with Crippen molar-refractivity contribution in [3.8, 4) is 24.2 Å². The molecule has 1 heterocycles. The van der Waals surface area contributed by atoms with Gasteiger partial charge in [-0.05, 0) is 44.5 Å². The van der Waals surface area contributed by atoms with E-state index < -0.39 is 0 Å². The van der Waals surface area contributed by atoms with Crippen LogP contribution in [0.1, 0.15) is 38.2 Å². The van der Waals surface area contributed by atoms with Crippen LogP contribution in [0.4, 0.5) is 5.69 Å². The summed E-state index contributed by atoms with van der Waals surface area (Å²) in [5.41, 5.74) is 7.16. The first-order valence-electron chi connectivity index (χ1n) is 7.90. The van der Waals surface area contributed by atoms with Crippen LogP contribution in [0, 0.1) is 24.2 Å². The summed E-state index contributed by atoms with van der Waals surface area (Å²) in [4.78, 5) is 2.47. The van der Waals surface area contributed by atoms with Gasteiger partial charge in [-0.3, -0.25) is 4.90 Å². The molecule has 0 saturated carbocycles. The lowest BCUT2D eigenvalue weighted by atomic mass is 10.2. The average Bonchev–Trinajstić information content (AvgIpc) is 2.93. The fourth-order valence-electron chi connectivity index (χ4n) is 2.39.